The zero-order valence-corrected chi connectivity index (χ0v) is 14.8. The predicted molar refractivity (Wildman–Crippen MR) is 99.4 cm³/mol. The topological polar surface area (TPSA) is 83.3 Å². The average molecular weight is 391 g/mol. The van der Waals surface area contributed by atoms with Crippen molar-refractivity contribution < 1.29 is 9.50 Å². The van der Waals surface area contributed by atoms with Crippen molar-refractivity contribution in [2.45, 2.75) is 6.54 Å². The van der Waals surface area contributed by atoms with Crippen LogP contribution >= 0.6 is 23.8 Å². The molecule has 132 valence electrons. The highest BCUT2D eigenvalue weighted by molar-refractivity contribution is 7.71. The number of aromatic hydroxyl groups is 1. The number of rotatable bonds is 4. The van der Waals surface area contributed by atoms with Crippen LogP contribution in [0.5, 0.6) is 5.88 Å². The summed E-state index contributed by atoms with van der Waals surface area (Å²) < 4.78 is 14.5. The molecule has 0 unspecified atom stereocenters. The largest absolute Gasteiger partial charge is 0.494 e. The van der Waals surface area contributed by atoms with Crippen LogP contribution in [0.25, 0.3) is 5.69 Å². The number of hydrogen-bond donors (Lipinski definition) is 2. The van der Waals surface area contributed by atoms with Gasteiger partial charge in [0, 0.05) is 18.6 Å². The van der Waals surface area contributed by atoms with Crippen LogP contribution in [0.3, 0.4) is 0 Å². The van der Waals surface area contributed by atoms with Gasteiger partial charge in [-0.05, 0) is 42.0 Å². The molecular formula is C17H12ClFN4O2S. The quantitative estimate of drug-likeness (QED) is 0.528. The van der Waals surface area contributed by atoms with Gasteiger partial charge in [0.15, 0.2) is 4.77 Å². The second kappa shape index (κ2) is 7.59. The van der Waals surface area contributed by atoms with E-state index in [9.17, 15) is 14.3 Å². The lowest BCUT2D eigenvalue weighted by Crippen LogP contribution is -2.18. The Bertz CT molecular complexity index is 1100. The Morgan fingerprint density at radius 1 is 1.42 bits per heavy atom. The summed E-state index contributed by atoms with van der Waals surface area (Å²) >= 11 is 10.9. The molecule has 0 atom stereocenters. The molecule has 0 radical (unpaired) electrons. The van der Waals surface area contributed by atoms with Crippen molar-refractivity contribution >= 4 is 30.0 Å². The van der Waals surface area contributed by atoms with Crippen molar-refractivity contribution in [1.29, 1.82) is 0 Å². The molecular weight excluding hydrogens is 379 g/mol. The molecule has 3 aromatic rings. The van der Waals surface area contributed by atoms with Gasteiger partial charge >= 0.3 is 0 Å². The number of halogens is 2. The molecule has 0 saturated heterocycles. The summed E-state index contributed by atoms with van der Waals surface area (Å²) in [6.07, 6.45) is 4.54. The van der Waals surface area contributed by atoms with E-state index in [0.717, 1.165) is 11.6 Å². The molecule has 0 amide bonds. The van der Waals surface area contributed by atoms with Crippen LogP contribution in [-0.4, -0.2) is 25.9 Å². The first kappa shape index (κ1) is 18.0. The maximum atomic E-state index is 13.4. The Labute approximate surface area is 157 Å². The van der Waals surface area contributed by atoms with Gasteiger partial charge in [-0.2, -0.15) is 0 Å². The number of hydrogen-bond acceptors (Lipinski definition) is 5. The number of nitrogens with zero attached hydrogens (tertiary/aromatic N) is 3. The molecule has 0 aliphatic rings. The van der Waals surface area contributed by atoms with Crippen molar-refractivity contribution in [3.63, 3.8) is 0 Å². The maximum Gasteiger partial charge on any atom is 0.264 e. The zero-order chi connectivity index (χ0) is 18.7. The lowest BCUT2D eigenvalue weighted by atomic mass is 10.2. The van der Waals surface area contributed by atoms with Gasteiger partial charge in [-0.1, -0.05) is 17.7 Å². The van der Waals surface area contributed by atoms with E-state index in [1.54, 1.807) is 18.5 Å². The fourth-order valence-electron chi connectivity index (χ4n) is 2.25. The molecule has 0 bridgehead atoms. The summed E-state index contributed by atoms with van der Waals surface area (Å²) in [6, 6.07) is 7.42. The highest BCUT2D eigenvalue weighted by Gasteiger charge is 2.13. The number of nitrogens with one attached hydrogen (secondary N) is 1. The molecule has 26 heavy (non-hydrogen) atoms. The molecule has 2 heterocycles. The Balaban J connectivity index is 2.03. The van der Waals surface area contributed by atoms with Crippen LogP contribution in [0, 0.1) is 10.6 Å². The number of aliphatic imine (C=N–C) groups is 1. The molecule has 0 spiro atoms. The standard InChI is InChI=1S/C17H12ClFN4O2S/c18-13-6-11(3-4-14(13)19)23-16(25)12(15(24)22-17(23)26)9-21-8-10-2-1-5-20-7-10/h1-7,9,25H,8H2,(H,22,24,26). The third kappa shape index (κ3) is 3.71. The first-order valence-electron chi connectivity index (χ1n) is 7.40. The van der Waals surface area contributed by atoms with E-state index in [4.69, 9.17) is 23.8 Å². The van der Waals surface area contributed by atoms with Crippen molar-refractivity contribution in [2.24, 2.45) is 4.99 Å². The van der Waals surface area contributed by atoms with Crippen molar-refractivity contribution in [3.8, 4) is 11.6 Å². The minimum absolute atomic E-state index is 0.0559. The van der Waals surface area contributed by atoms with Gasteiger partial charge in [0.25, 0.3) is 5.56 Å². The Hall–Kier alpha value is -2.84. The van der Waals surface area contributed by atoms with E-state index in [1.807, 2.05) is 6.07 Å². The fraction of sp³-hybridized carbons (Fsp3) is 0.0588. The smallest absolute Gasteiger partial charge is 0.264 e. The molecule has 2 N–H and O–H groups in total. The molecule has 1 aromatic carbocycles. The lowest BCUT2D eigenvalue weighted by molar-refractivity contribution is 0.432. The van der Waals surface area contributed by atoms with Gasteiger partial charge in [-0.3, -0.25) is 24.3 Å². The summed E-state index contributed by atoms with van der Waals surface area (Å²) in [5, 5.41) is 10.4. The van der Waals surface area contributed by atoms with Gasteiger partial charge in [0.2, 0.25) is 5.88 Å². The second-order valence-corrected chi connectivity index (χ2v) is 6.06. The predicted octanol–water partition coefficient (Wildman–Crippen LogP) is 3.41. The van der Waals surface area contributed by atoms with Gasteiger partial charge < -0.3 is 5.11 Å². The zero-order valence-electron chi connectivity index (χ0n) is 13.2. The summed E-state index contributed by atoms with van der Waals surface area (Å²) in [4.78, 5) is 22.7. The highest BCUT2D eigenvalue weighted by atomic mass is 35.5. The molecule has 6 nitrogen and oxygen atoms in total. The highest BCUT2D eigenvalue weighted by Crippen LogP contribution is 2.23. The van der Waals surface area contributed by atoms with E-state index in [0.29, 0.717) is 5.69 Å². The first-order chi connectivity index (χ1) is 12.5. The molecule has 9 heteroatoms. The van der Waals surface area contributed by atoms with E-state index >= 15 is 0 Å². The monoisotopic (exact) mass is 390 g/mol. The average Bonchev–Trinajstić information content (AvgIpc) is 2.61. The van der Waals surface area contributed by atoms with E-state index in [2.05, 4.69) is 15.0 Å². The number of aromatic amines is 1. The molecule has 0 aliphatic carbocycles. The van der Waals surface area contributed by atoms with Crippen molar-refractivity contribution in [3.05, 3.63) is 79.8 Å². The number of benzene rings is 1. The number of aromatic nitrogens is 3. The first-order valence-corrected chi connectivity index (χ1v) is 8.18. The molecule has 0 aliphatic heterocycles. The number of H-pyrrole nitrogens is 1. The Kier molecular flexibility index (Phi) is 5.24. The minimum atomic E-state index is -0.607. The fourth-order valence-corrected chi connectivity index (χ4v) is 2.71. The van der Waals surface area contributed by atoms with Gasteiger partial charge in [-0.15, -0.1) is 0 Å². The van der Waals surface area contributed by atoms with Crippen LogP contribution in [0.4, 0.5) is 4.39 Å². The molecule has 3 rings (SSSR count). The SMILES string of the molecule is O=c1[nH]c(=S)n(-c2ccc(F)c(Cl)c2)c(O)c1C=NCc1cccnc1. The van der Waals surface area contributed by atoms with E-state index in [-0.39, 0.29) is 21.9 Å². The van der Waals surface area contributed by atoms with E-state index in [1.165, 1.54) is 22.9 Å². The Morgan fingerprint density at radius 3 is 2.92 bits per heavy atom. The third-order valence-corrected chi connectivity index (χ3v) is 4.07. The summed E-state index contributed by atoms with van der Waals surface area (Å²) in [6.45, 7) is 0.282. The third-order valence-electron chi connectivity index (χ3n) is 3.50. The Morgan fingerprint density at radius 2 is 2.23 bits per heavy atom. The van der Waals surface area contributed by atoms with Crippen LogP contribution in [0.1, 0.15) is 11.1 Å². The molecule has 2 aromatic heterocycles. The second-order valence-electron chi connectivity index (χ2n) is 5.26. The van der Waals surface area contributed by atoms with Gasteiger partial charge in [-0.25, -0.2) is 4.39 Å². The summed E-state index contributed by atoms with van der Waals surface area (Å²) in [5.41, 5.74) is 0.477. The minimum Gasteiger partial charge on any atom is -0.494 e. The van der Waals surface area contributed by atoms with Gasteiger partial charge in [0.1, 0.15) is 11.4 Å². The normalized spacial score (nSPS) is 11.2. The van der Waals surface area contributed by atoms with Crippen LogP contribution in [0.15, 0.2) is 52.5 Å². The summed E-state index contributed by atoms with van der Waals surface area (Å²) in [7, 11) is 0. The van der Waals surface area contributed by atoms with Crippen LogP contribution in [-0.2, 0) is 6.54 Å². The lowest BCUT2D eigenvalue weighted by Gasteiger charge is -2.11. The maximum absolute atomic E-state index is 13.4. The molecule has 0 saturated carbocycles. The van der Waals surface area contributed by atoms with Crippen LogP contribution in [0.2, 0.25) is 5.02 Å². The van der Waals surface area contributed by atoms with Gasteiger partial charge in [0.05, 0.1) is 17.3 Å². The molecule has 0 fully saturated rings. The van der Waals surface area contributed by atoms with E-state index < -0.39 is 17.3 Å². The summed E-state index contributed by atoms with van der Waals surface area (Å²) in [5.74, 6) is -1.03. The number of pyridine rings is 1. The van der Waals surface area contributed by atoms with Crippen LogP contribution < -0.4 is 5.56 Å². The van der Waals surface area contributed by atoms with Crippen molar-refractivity contribution in [1.82, 2.24) is 14.5 Å². The van der Waals surface area contributed by atoms with Crippen molar-refractivity contribution in [2.75, 3.05) is 0 Å².